The van der Waals surface area contributed by atoms with Crippen molar-refractivity contribution in [3.8, 4) is 6.07 Å². The van der Waals surface area contributed by atoms with E-state index in [-0.39, 0.29) is 30.9 Å². The van der Waals surface area contributed by atoms with Gasteiger partial charge in [-0.1, -0.05) is 0 Å². The molecule has 0 aliphatic rings. The molecule has 0 bridgehead atoms. The minimum atomic E-state index is -3.18. The Kier molecular flexibility index (Phi) is 8.52. The Hall–Kier alpha value is -0.400. The summed E-state index contributed by atoms with van der Waals surface area (Å²) in [6, 6.07) is 1.08. The molecular formula is C13H26NO4P. The first kappa shape index (κ1) is 18.6. The lowest BCUT2D eigenvalue weighted by Crippen LogP contribution is -2.27. The van der Waals surface area contributed by atoms with Gasteiger partial charge in [0, 0.05) is 12.6 Å². The Morgan fingerprint density at radius 2 is 1.47 bits per heavy atom. The molecule has 1 unspecified atom stereocenters. The maximum absolute atomic E-state index is 12.9. The van der Waals surface area contributed by atoms with Gasteiger partial charge in [-0.25, -0.2) is 0 Å². The smallest absolute Gasteiger partial charge is 0.258 e. The number of hydrogen-bond acceptors (Lipinski definition) is 5. The molecule has 0 N–H and O–H groups in total. The first-order valence-corrected chi connectivity index (χ1v) is 8.54. The number of ether oxygens (including phenoxy) is 2. The van der Waals surface area contributed by atoms with Crippen molar-refractivity contribution in [2.24, 2.45) is 0 Å². The number of nitrogens with zero attached hydrogens (tertiary/aromatic N) is 1. The fraction of sp³-hybridized carbons (Fsp3) is 0.923. The zero-order valence-corrected chi connectivity index (χ0v) is 13.6. The molecule has 0 saturated heterocycles. The molecule has 19 heavy (non-hydrogen) atoms. The van der Waals surface area contributed by atoms with Crippen LogP contribution in [0.4, 0.5) is 0 Å². The summed E-state index contributed by atoms with van der Waals surface area (Å²) in [6.45, 7) is 11.0. The van der Waals surface area contributed by atoms with Gasteiger partial charge in [0.05, 0.1) is 24.4 Å². The maximum atomic E-state index is 12.9. The molecule has 0 fully saturated rings. The van der Waals surface area contributed by atoms with Crippen LogP contribution in [-0.2, 0) is 18.6 Å². The van der Waals surface area contributed by atoms with Crippen LogP contribution in [-0.4, -0.2) is 30.5 Å². The Morgan fingerprint density at radius 1 is 1.00 bits per heavy atom. The van der Waals surface area contributed by atoms with Gasteiger partial charge in [-0.15, -0.1) is 0 Å². The highest BCUT2D eigenvalue weighted by molar-refractivity contribution is 7.59. The fourth-order valence-electron chi connectivity index (χ4n) is 1.45. The third-order valence-electron chi connectivity index (χ3n) is 2.02. The fourth-order valence-corrected chi connectivity index (χ4v) is 3.85. The van der Waals surface area contributed by atoms with Crippen molar-refractivity contribution in [3.05, 3.63) is 0 Å². The molecular weight excluding hydrogens is 265 g/mol. The Labute approximate surface area is 116 Å². The van der Waals surface area contributed by atoms with Gasteiger partial charge in [-0.05, 0) is 41.5 Å². The van der Waals surface area contributed by atoms with Gasteiger partial charge in [0.25, 0.3) is 7.37 Å². The summed E-state index contributed by atoms with van der Waals surface area (Å²) in [4.78, 5) is 0. The Balaban J connectivity index is 5.09. The van der Waals surface area contributed by atoms with Crippen LogP contribution in [0.3, 0.4) is 0 Å². The normalized spacial score (nSPS) is 15.2. The molecule has 5 nitrogen and oxygen atoms in total. The molecule has 0 aliphatic carbocycles. The summed E-state index contributed by atoms with van der Waals surface area (Å²) in [5.74, 6) is 0. The molecule has 0 spiro atoms. The summed E-state index contributed by atoms with van der Waals surface area (Å²) < 4.78 is 29.7. The lowest BCUT2D eigenvalue weighted by atomic mass is 10.5. The quantitative estimate of drug-likeness (QED) is 0.478. The summed E-state index contributed by atoms with van der Waals surface area (Å²) in [5.41, 5.74) is 0. The average Bonchev–Trinajstić information content (AvgIpc) is 2.23. The minimum absolute atomic E-state index is 0.130. The first-order chi connectivity index (χ1) is 8.71. The van der Waals surface area contributed by atoms with E-state index >= 15 is 0 Å². The zero-order chi connectivity index (χ0) is 15.1. The second kappa shape index (κ2) is 8.71. The van der Waals surface area contributed by atoms with Crippen molar-refractivity contribution < 1.29 is 18.6 Å². The number of rotatable bonds is 9. The summed E-state index contributed by atoms with van der Waals surface area (Å²) in [6.07, 6.45) is -0.168. The molecule has 0 aromatic heterocycles. The van der Waals surface area contributed by atoms with Crippen molar-refractivity contribution in [1.82, 2.24) is 0 Å². The highest BCUT2D eigenvalue weighted by Gasteiger charge is 2.38. The van der Waals surface area contributed by atoms with Crippen LogP contribution in [0.25, 0.3) is 0 Å². The lowest BCUT2D eigenvalue weighted by molar-refractivity contribution is -0.139. The van der Waals surface area contributed by atoms with Crippen LogP contribution < -0.4 is 0 Å². The highest BCUT2D eigenvalue weighted by atomic mass is 31.2. The summed E-state index contributed by atoms with van der Waals surface area (Å²) in [7, 11) is -3.18. The van der Waals surface area contributed by atoms with Crippen LogP contribution >= 0.6 is 7.37 Å². The predicted octanol–water partition coefficient (Wildman–Crippen LogP) is 3.74. The zero-order valence-electron chi connectivity index (χ0n) is 12.8. The van der Waals surface area contributed by atoms with Gasteiger partial charge in [0.1, 0.15) is 0 Å². The van der Waals surface area contributed by atoms with Crippen molar-refractivity contribution in [2.75, 3.05) is 6.16 Å². The average molecular weight is 291 g/mol. The Morgan fingerprint density at radius 3 is 1.79 bits per heavy atom. The molecule has 0 aliphatic heterocycles. The van der Waals surface area contributed by atoms with Crippen LogP contribution in [0.15, 0.2) is 0 Å². The molecule has 0 aromatic carbocycles. The summed E-state index contributed by atoms with van der Waals surface area (Å²) in [5, 5.41) is 8.70. The molecule has 0 radical (unpaired) electrons. The number of hydrogen-bond donors (Lipinski definition) is 0. The third kappa shape index (κ3) is 7.69. The highest BCUT2D eigenvalue weighted by Crippen LogP contribution is 2.54. The second-order valence-electron chi connectivity index (χ2n) is 5.19. The molecule has 0 aromatic rings. The Bertz CT molecular complexity index is 326. The van der Waals surface area contributed by atoms with Crippen molar-refractivity contribution in [2.45, 2.75) is 72.3 Å². The molecule has 0 heterocycles. The lowest BCUT2D eigenvalue weighted by Gasteiger charge is -2.31. The van der Waals surface area contributed by atoms with Crippen LogP contribution in [0, 0.1) is 11.3 Å². The standard InChI is InChI=1S/C13H26NO4P/c1-10(2)16-13(17-11(3)4)19(15,9-7-8-14)18-12(5)6/h10-13H,7,9H2,1-6H3. The van der Waals surface area contributed by atoms with E-state index in [1.165, 1.54) is 0 Å². The van der Waals surface area contributed by atoms with Crippen molar-refractivity contribution in [3.63, 3.8) is 0 Å². The van der Waals surface area contributed by atoms with Crippen LogP contribution in [0.2, 0.25) is 0 Å². The number of nitriles is 1. The van der Waals surface area contributed by atoms with E-state index < -0.39 is 13.4 Å². The minimum Gasteiger partial charge on any atom is -0.342 e. The molecule has 0 saturated carbocycles. The maximum Gasteiger partial charge on any atom is 0.258 e. The second-order valence-corrected chi connectivity index (χ2v) is 7.72. The monoisotopic (exact) mass is 291 g/mol. The predicted molar refractivity (Wildman–Crippen MR) is 75.2 cm³/mol. The largest absolute Gasteiger partial charge is 0.342 e. The van der Waals surface area contributed by atoms with E-state index in [1.807, 2.05) is 33.8 Å². The van der Waals surface area contributed by atoms with Gasteiger partial charge in [-0.2, -0.15) is 5.26 Å². The van der Waals surface area contributed by atoms with Gasteiger partial charge in [0.2, 0.25) is 6.03 Å². The topological polar surface area (TPSA) is 68.5 Å². The third-order valence-corrected chi connectivity index (χ3v) is 4.53. The van der Waals surface area contributed by atoms with Crippen molar-refractivity contribution >= 4 is 7.37 Å². The van der Waals surface area contributed by atoms with Gasteiger partial charge < -0.3 is 14.0 Å². The van der Waals surface area contributed by atoms with Crippen molar-refractivity contribution in [1.29, 1.82) is 5.26 Å². The van der Waals surface area contributed by atoms with Crippen LogP contribution in [0.1, 0.15) is 48.0 Å². The van der Waals surface area contributed by atoms with E-state index in [0.29, 0.717) is 0 Å². The molecule has 112 valence electrons. The van der Waals surface area contributed by atoms with Gasteiger partial charge in [0.15, 0.2) is 0 Å². The molecule has 0 amide bonds. The van der Waals surface area contributed by atoms with Crippen LogP contribution in [0.5, 0.6) is 0 Å². The summed E-state index contributed by atoms with van der Waals surface area (Å²) >= 11 is 0. The van der Waals surface area contributed by atoms with E-state index in [4.69, 9.17) is 19.3 Å². The van der Waals surface area contributed by atoms with E-state index in [1.54, 1.807) is 13.8 Å². The van der Waals surface area contributed by atoms with E-state index in [2.05, 4.69) is 0 Å². The molecule has 1 atom stereocenters. The molecule has 0 rings (SSSR count). The molecule has 6 heteroatoms. The van der Waals surface area contributed by atoms with E-state index in [9.17, 15) is 4.57 Å². The van der Waals surface area contributed by atoms with Gasteiger partial charge in [-0.3, -0.25) is 4.57 Å². The first-order valence-electron chi connectivity index (χ1n) is 6.66. The van der Waals surface area contributed by atoms with Gasteiger partial charge >= 0.3 is 0 Å². The SMILES string of the molecule is CC(C)OC(OC(C)C)P(=O)(CCC#N)OC(C)C. The van der Waals surface area contributed by atoms with E-state index in [0.717, 1.165) is 0 Å².